The van der Waals surface area contributed by atoms with Gasteiger partial charge in [0, 0.05) is 29.1 Å². The molecule has 0 radical (unpaired) electrons. The Hall–Kier alpha value is -1.35. The molecule has 2 unspecified atom stereocenters. The molecule has 0 bridgehead atoms. The molecule has 0 aromatic heterocycles. The summed E-state index contributed by atoms with van der Waals surface area (Å²) in [6, 6.07) is 9.48. The largest absolute Gasteiger partial charge is 0.372 e. The van der Waals surface area contributed by atoms with Crippen LogP contribution in [0.4, 0.5) is 0 Å². The highest BCUT2D eigenvalue weighted by atomic mass is 32.2. The van der Waals surface area contributed by atoms with Gasteiger partial charge in [0.05, 0.1) is 6.67 Å². The Morgan fingerprint density at radius 2 is 2.23 bits per heavy atom. The predicted octanol–water partition coefficient (Wildman–Crippen LogP) is 3.90. The first-order valence-electron chi connectivity index (χ1n) is 8.32. The second-order valence-corrected chi connectivity index (χ2v) is 7.88. The zero-order valence-electron chi connectivity index (χ0n) is 13.3. The second kappa shape index (κ2) is 5.69. The van der Waals surface area contributed by atoms with Gasteiger partial charge in [-0.1, -0.05) is 37.3 Å². The highest BCUT2D eigenvalue weighted by molar-refractivity contribution is 8.03. The molecule has 3 aliphatic rings. The minimum atomic E-state index is 0.630. The molecule has 0 saturated carbocycles. The average molecular weight is 312 g/mol. The van der Waals surface area contributed by atoms with Crippen molar-refractivity contribution in [2.75, 3.05) is 6.67 Å². The van der Waals surface area contributed by atoms with Gasteiger partial charge in [-0.25, -0.2) is 0 Å². The summed E-state index contributed by atoms with van der Waals surface area (Å²) in [5.41, 5.74) is 4.45. The third-order valence-corrected chi connectivity index (χ3v) is 6.67. The Labute approximate surface area is 137 Å². The van der Waals surface area contributed by atoms with Gasteiger partial charge in [-0.3, -0.25) is 0 Å². The summed E-state index contributed by atoms with van der Waals surface area (Å²) in [6.07, 6.45) is 7.10. The fourth-order valence-electron chi connectivity index (χ4n) is 4.22. The fourth-order valence-corrected chi connectivity index (χ4v) is 5.63. The average Bonchev–Trinajstić information content (AvgIpc) is 3.18. The van der Waals surface area contributed by atoms with E-state index >= 15 is 0 Å². The summed E-state index contributed by atoms with van der Waals surface area (Å²) < 4.78 is 0. The third kappa shape index (κ3) is 2.26. The van der Waals surface area contributed by atoms with E-state index in [4.69, 9.17) is 0 Å². The van der Waals surface area contributed by atoms with E-state index in [9.17, 15) is 0 Å². The Bertz CT molecular complexity index is 622. The van der Waals surface area contributed by atoms with E-state index in [1.807, 2.05) is 11.8 Å². The molecule has 1 fully saturated rings. The highest BCUT2D eigenvalue weighted by Gasteiger charge is 2.48. The number of allylic oxidation sites excluding steroid dienone is 1. The lowest BCUT2D eigenvalue weighted by atomic mass is 9.89. The molecule has 0 amide bonds. The van der Waals surface area contributed by atoms with Gasteiger partial charge in [-0.15, -0.1) is 11.8 Å². The molecule has 22 heavy (non-hydrogen) atoms. The maximum Gasteiger partial charge on any atom is 0.0873 e. The Morgan fingerprint density at radius 1 is 1.36 bits per heavy atom. The smallest absolute Gasteiger partial charge is 0.0873 e. The minimum Gasteiger partial charge on any atom is -0.372 e. The topological polar surface area (TPSA) is 15.3 Å². The number of hydrogen-bond donors (Lipinski definition) is 1. The van der Waals surface area contributed by atoms with Crippen LogP contribution < -0.4 is 5.32 Å². The molecular weight excluding hydrogens is 288 g/mol. The van der Waals surface area contributed by atoms with Gasteiger partial charge < -0.3 is 10.2 Å². The quantitative estimate of drug-likeness (QED) is 0.908. The van der Waals surface area contributed by atoms with E-state index in [0.717, 1.165) is 11.9 Å². The number of nitrogens with zero attached hydrogens (tertiary/aromatic N) is 1. The van der Waals surface area contributed by atoms with Gasteiger partial charge in [0.25, 0.3) is 0 Å². The standard InChI is InChI=1S/C19H24N2S/c1-13-5-3-4-6-15(13)8-7-14(2)18-19-16(9-10-22-19)17-11-20-12-21(17)18/h3-6,9-11,14,16,18-20H,7-8,12H2,1-2H3/t14-,16-,18?,19?/m0/s1. The molecule has 1 saturated heterocycles. The summed E-state index contributed by atoms with van der Waals surface area (Å²) >= 11 is 2.04. The summed E-state index contributed by atoms with van der Waals surface area (Å²) in [5.74, 6) is 1.34. The van der Waals surface area contributed by atoms with Gasteiger partial charge in [-0.05, 0) is 42.2 Å². The number of thioether (sulfide) groups is 1. The van der Waals surface area contributed by atoms with Crippen molar-refractivity contribution in [1.82, 2.24) is 10.2 Å². The molecule has 0 spiro atoms. The highest BCUT2D eigenvalue weighted by Crippen LogP contribution is 2.49. The number of nitrogens with one attached hydrogen (secondary N) is 1. The van der Waals surface area contributed by atoms with Crippen LogP contribution in [0.25, 0.3) is 0 Å². The number of aryl methyl sites for hydroxylation is 2. The lowest BCUT2D eigenvalue weighted by Gasteiger charge is -2.32. The van der Waals surface area contributed by atoms with Crippen LogP contribution in [-0.4, -0.2) is 22.9 Å². The molecule has 1 aromatic carbocycles. The first kappa shape index (κ1) is 14.3. The van der Waals surface area contributed by atoms with Crippen LogP contribution in [0.15, 0.2) is 47.6 Å². The summed E-state index contributed by atoms with van der Waals surface area (Å²) in [5, 5.41) is 6.46. The Kier molecular flexibility index (Phi) is 3.69. The van der Waals surface area contributed by atoms with Crippen molar-refractivity contribution in [2.24, 2.45) is 11.8 Å². The lowest BCUT2D eigenvalue weighted by Crippen LogP contribution is -2.40. The molecule has 0 aliphatic carbocycles. The molecule has 3 heteroatoms. The molecule has 3 aliphatic heterocycles. The van der Waals surface area contributed by atoms with E-state index in [0.29, 0.717) is 17.9 Å². The van der Waals surface area contributed by atoms with Crippen LogP contribution in [0.2, 0.25) is 0 Å². The molecule has 2 nitrogen and oxygen atoms in total. The summed E-state index contributed by atoms with van der Waals surface area (Å²) in [7, 11) is 0. The summed E-state index contributed by atoms with van der Waals surface area (Å²) in [4.78, 5) is 2.62. The van der Waals surface area contributed by atoms with Crippen LogP contribution in [-0.2, 0) is 6.42 Å². The van der Waals surface area contributed by atoms with Crippen LogP contribution in [0.5, 0.6) is 0 Å². The first-order chi connectivity index (χ1) is 10.8. The third-order valence-electron chi connectivity index (χ3n) is 5.47. The van der Waals surface area contributed by atoms with E-state index in [1.165, 1.54) is 29.7 Å². The molecule has 1 N–H and O–H groups in total. The van der Waals surface area contributed by atoms with Crippen molar-refractivity contribution < 1.29 is 0 Å². The number of benzene rings is 1. The van der Waals surface area contributed by atoms with E-state index in [2.05, 4.69) is 66.0 Å². The van der Waals surface area contributed by atoms with Gasteiger partial charge in [0.2, 0.25) is 0 Å². The van der Waals surface area contributed by atoms with Crippen LogP contribution in [0.1, 0.15) is 24.5 Å². The van der Waals surface area contributed by atoms with Crippen molar-refractivity contribution in [3.8, 4) is 0 Å². The molecule has 4 rings (SSSR count). The normalized spacial score (nSPS) is 30.0. The van der Waals surface area contributed by atoms with Gasteiger partial charge in [0.15, 0.2) is 0 Å². The summed E-state index contributed by atoms with van der Waals surface area (Å²) in [6.45, 7) is 5.67. The monoisotopic (exact) mass is 312 g/mol. The number of hydrogen-bond acceptors (Lipinski definition) is 3. The van der Waals surface area contributed by atoms with Crippen LogP contribution in [0, 0.1) is 18.8 Å². The maximum absolute atomic E-state index is 3.43. The van der Waals surface area contributed by atoms with E-state index < -0.39 is 0 Å². The zero-order chi connectivity index (χ0) is 15.1. The molecule has 116 valence electrons. The predicted molar refractivity (Wildman–Crippen MR) is 94.4 cm³/mol. The second-order valence-electron chi connectivity index (χ2n) is 6.79. The SMILES string of the molecule is Cc1ccccc1CC[C@H](C)C1C2SC=C[C@H]2C2=CNCN21. The zero-order valence-corrected chi connectivity index (χ0v) is 14.1. The molecular formula is C19H24N2S. The molecule has 1 aromatic rings. The van der Waals surface area contributed by atoms with Crippen molar-refractivity contribution >= 4 is 11.8 Å². The van der Waals surface area contributed by atoms with Crippen molar-refractivity contribution in [1.29, 1.82) is 0 Å². The minimum absolute atomic E-state index is 0.630. The van der Waals surface area contributed by atoms with Gasteiger partial charge >= 0.3 is 0 Å². The van der Waals surface area contributed by atoms with Crippen molar-refractivity contribution in [3.05, 3.63) is 58.8 Å². The van der Waals surface area contributed by atoms with Gasteiger partial charge in [0.1, 0.15) is 0 Å². The van der Waals surface area contributed by atoms with Crippen molar-refractivity contribution in [2.45, 2.75) is 38.0 Å². The fraction of sp³-hybridized carbons (Fsp3) is 0.474. The first-order valence-corrected chi connectivity index (χ1v) is 9.26. The molecule has 3 heterocycles. The number of rotatable bonds is 4. The lowest BCUT2D eigenvalue weighted by molar-refractivity contribution is 0.230. The van der Waals surface area contributed by atoms with Crippen LogP contribution in [0.3, 0.4) is 0 Å². The van der Waals surface area contributed by atoms with E-state index in [-0.39, 0.29) is 0 Å². The molecule has 4 atom stereocenters. The van der Waals surface area contributed by atoms with Crippen LogP contribution >= 0.6 is 11.8 Å². The van der Waals surface area contributed by atoms with Gasteiger partial charge in [-0.2, -0.15) is 0 Å². The Balaban J connectivity index is 1.47. The Morgan fingerprint density at radius 3 is 3.09 bits per heavy atom. The maximum atomic E-state index is 3.43. The number of fused-ring (bicyclic) bond motifs is 3. The van der Waals surface area contributed by atoms with Crippen molar-refractivity contribution in [3.63, 3.8) is 0 Å². The van der Waals surface area contributed by atoms with E-state index in [1.54, 1.807) is 0 Å².